The number of non-ortho nitro benzene ring substituents is 1. The maximum Gasteiger partial charge on any atom is 0.283 e. The van der Waals surface area contributed by atoms with Crippen molar-refractivity contribution in [1.29, 1.82) is 0 Å². The summed E-state index contributed by atoms with van der Waals surface area (Å²) in [4.78, 5) is 32.7. The highest BCUT2D eigenvalue weighted by Gasteiger charge is 2.18. The summed E-state index contributed by atoms with van der Waals surface area (Å²) in [5, 5.41) is 21.6. The van der Waals surface area contributed by atoms with E-state index in [0.717, 1.165) is 6.07 Å². The summed E-state index contributed by atoms with van der Waals surface area (Å²) >= 11 is 1.80. The van der Waals surface area contributed by atoms with E-state index in [2.05, 4.69) is 0 Å². The fraction of sp³-hybridized carbons (Fsp3) is 0. The number of ketones is 1. The van der Waals surface area contributed by atoms with Gasteiger partial charge in [0.1, 0.15) is 0 Å². The molecule has 2 aromatic rings. The number of carbonyl (C=O) groups is 1. The molecule has 0 spiro atoms. The number of hydrogen-bond donors (Lipinski definition) is 0. The molecule has 0 heterocycles. The quantitative estimate of drug-likeness (QED) is 0.340. The van der Waals surface area contributed by atoms with Gasteiger partial charge in [0.05, 0.1) is 13.4 Å². The Hall–Kier alpha value is -2.36. The summed E-state index contributed by atoms with van der Waals surface area (Å²) in [5.41, 5.74) is -0.157. The van der Waals surface area contributed by atoms with Crippen molar-refractivity contribution in [2.45, 2.75) is 0 Å². The molecule has 0 fully saturated rings. The fourth-order valence-corrected chi connectivity index (χ4v) is 2.25. The molecule has 21 heavy (non-hydrogen) atoms. The van der Waals surface area contributed by atoms with E-state index in [1.165, 1.54) is 36.4 Å². The molecule has 0 saturated heterocycles. The second-order valence-electron chi connectivity index (χ2n) is 4.06. The van der Waals surface area contributed by atoms with Gasteiger partial charge in [0.15, 0.2) is 5.78 Å². The molecule has 0 radical (unpaired) electrons. The van der Waals surface area contributed by atoms with E-state index in [1.54, 1.807) is 22.6 Å². The molecule has 0 aliphatic heterocycles. The summed E-state index contributed by atoms with van der Waals surface area (Å²) in [6, 6.07) is 9.33. The highest BCUT2D eigenvalue weighted by atomic mass is 127. The Balaban J connectivity index is 2.45. The first-order valence-electron chi connectivity index (χ1n) is 5.63. The maximum absolute atomic E-state index is 12.3. The van der Waals surface area contributed by atoms with Gasteiger partial charge in [-0.15, -0.1) is 0 Å². The van der Waals surface area contributed by atoms with Crippen LogP contribution >= 0.6 is 22.6 Å². The molecule has 0 amide bonds. The molecule has 0 bridgehead atoms. The van der Waals surface area contributed by atoms with Gasteiger partial charge in [0.25, 0.3) is 11.4 Å². The van der Waals surface area contributed by atoms with Crippen molar-refractivity contribution in [1.82, 2.24) is 0 Å². The molecule has 8 heteroatoms. The Kier molecular flexibility index (Phi) is 4.26. The standard InChI is InChI=1S/C13H7IN2O5/c14-11-5-4-9(7-12(11)16(20)21)13(17)8-2-1-3-10(6-8)15(18)19/h1-7H. The average Bonchev–Trinajstić information content (AvgIpc) is 2.46. The Morgan fingerprint density at radius 3 is 2.24 bits per heavy atom. The normalized spacial score (nSPS) is 10.1. The lowest BCUT2D eigenvalue weighted by atomic mass is 10.0. The minimum atomic E-state index is -0.604. The molecule has 2 rings (SSSR count). The van der Waals surface area contributed by atoms with Gasteiger partial charge >= 0.3 is 0 Å². The predicted molar refractivity (Wildman–Crippen MR) is 82.3 cm³/mol. The number of halogens is 1. The van der Waals surface area contributed by atoms with Crippen LogP contribution in [0.5, 0.6) is 0 Å². The zero-order valence-electron chi connectivity index (χ0n) is 10.4. The highest BCUT2D eigenvalue weighted by Crippen LogP contribution is 2.24. The van der Waals surface area contributed by atoms with Gasteiger partial charge in [0.2, 0.25) is 0 Å². The number of rotatable bonds is 4. The monoisotopic (exact) mass is 398 g/mol. The minimum absolute atomic E-state index is 0.111. The molecule has 0 N–H and O–H groups in total. The van der Waals surface area contributed by atoms with Crippen LogP contribution in [0.1, 0.15) is 15.9 Å². The van der Waals surface area contributed by atoms with Crippen LogP contribution in [0.3, 0.4) is 0 Å². The van der Waals surface area contributed by atoms with Gasteiger partial charge in [-0.25, -0.2) is 0 Å². The zero-order valence-corrected chi connectivity index (χ0v) is 12.5. The number of nitro benzene ring substituents is 2. The predicted octanol–water partition coefficient (Wildman–Crippen LogP) is 3.34. The van der Waals surface area contributed by atoms with Gasteiger partial charge in [-0.1, -0.05) is 12.1 Å². The molecular weight excluding hydrogens is 391 g/mol. The molecule has 0 unspecified atom stereocenters. The molecule has 0 aliphatic carbocycles. The van der Waals surface area contributed by atoms with Crippen LogP contribution in [0.2, 0.25) is 0 Å². The second-order valence-corrected chi connectivity index (χ2v) is 5.22. The summed E-state index contributed by atoms with van der Waals surface area (Å²) in [6.07, 6.45) is 0. The number of carbonyl (C=O) groups excluding carboxylic acids is 1. The number of benzene rings is 2. The third-order valence-corrected chi connectivity index (χ3v) is 3.64. The van der Waals surface area contributed by atoms with Crippen LogP contribution in [0.25, 0.3) is 0 Å². The van der Waals surface area contributed by atoms with Crippen molar-refractivity contribution in [3.05, 3.63) is 77.4 Å². The van der Waals surface area contributed by atoms with E-state index in [1.807, 2.05) is 0 Å². The molecule has 7 nitrogen and oxygen atoms in total. The minimum Gasteiger partial charge on any atom is -0.289 e. The number of hydrogen-bond acceptors (Lipinski definition) is 5. The third kappa shape index (κ3) is 3.21. The molecule has 2 aromatic carbocycles. The summed E-state index contributed by atoms with van der Waals surface area (Å²) < 4.78 is 0.410. The van der Waals surface area contributed by atoms with E-state index in [9.17, 15) is 25.0 Å². The molecule has 0 aliphatic rings. The molecule has 0 atom stereocenters. The number of nitrogens with zero attached hydrogens (tertiary/aromatic N) is 2. The van der Waals surface area contributed by atoms with Crippen molar-refractivity contribution in [2.24, 2.45) is 0 Å². The Morgan fingerprint density at radius 2 is 1.62 bits per heavy atom. The molecule has 106 valence electrons. The van der Waals surface area contributed by atoms with E-state index < -0.39 is 15.6 Å². The smallest absolute Gasteiger partial charge is 0.283 e. The first-order chi connectivity index (χ1) is 9.90. The second kappa shape index (κ2) is 5.95. The number of nitro groups is 2. The molecule has 0 aromatic heterocycles. The van der Waals surface area contributed by atoms with Crippen LogP contribution in [0.4, 0.5) is 11.4 Å². The first-order valence-corrected chi connectivity index (χ1v) is 6.71. The summed E-state index contributed by atoms with van der Waals surface area (Å²) in [5.74, 6) is -0.502. The summed E-state index contributed by atoms with van der Waals surface area (Å²) in [6.45, 7) is 0. The first kappa shape index (κ1) is 15.0. The lowest BCUT2D eigenvalue weighted by Gasteiger charge is -2.02. The van der Waals surface area contributed by atoms with Crippen molar-refractivity contribution in [3.8, 4) is 0 Å². The molecule has 0 saturated carbocycles. The highest BCUT2D eigenvalue weighted by molar-refractivity contribution is 14.1. The Labute approximate surface area is 132 Å². The lowest BCUT2D eigenvalue weighted by molar-refractivity contribution is -0.385. The fourth-order valence-electron chi connectivity index (χ4n) is 1.72. The van der Waals surface area contributed by atoms with Gasteiger partial charge in [-0.05, 0) is 34.7 Å². The van der Waals surface area contributed by atoms with Gasteiger partial charge in [0, 0.05) is 29.3 Å². The Bertz CT molecular complexity index is 760. The van der Waals surface area contributed by atoms with E-state index in [4.69, 9.17) is 0 Å². The van der Waals surface area contributed by atoms with Crippen LogP contribution in [0.15, 0.2) is 42.5 Å². The maximum atomic E-state index is 12.3. The zero-order chi connectivity index (χ0) is 15.6. The third-order valence-electron chi connectivity index (χ3n) is 2.72. The van der Waals surface area contributed by atoms with E-state index in [-0.39, 0.29) is 22.5 Å². The van der Waals surface area contributed by atoms with Crippen molar-refractivity contribution in [3.63, 3.8) is 0 Å². The van der Waals surface area contributed by atoms with E-state index >= 15 is 0 Å². The summed E-state index contributed by atoms with van der Waals surface area (Å²) in [7, 11) is 0. The van der Waals surface area contributed by atoms with Crippen LogP contribution < -0.4 is 0 Å². The van der Waals surface area contributed by atoms with Crippen LogP contribution in [-0.4, -0.2) is 15.6 Å². The Morgan fingerprint density at radius 1 is 0.952 bits per heavy atom. The topological polar surface area (TPSA) is 103 Å². The SMILES string of the molecule is O=C(c1cccc([N+](=O)[O-])c1)c1ccc(I)c([N+](=O)[O-])c1. The van der Waals surface area contributed by atoms with Gasteiger partial charge in [-0.3, -0.25) is 25.0 Å². The van der Waals surface area contributed by atoms with E-state index in [0.29, 0.717) is 3.57 Å². The molecular formula is C13H7IN2O5. The van der Waals surface area contributed by atoms with Crippen molar-refractivity contribution in [2.75, 3.05) is 0 Å². The van der Waals surface area contributed by atoms with Gasteiger partial charge in [-0.2, -0.15) is 0 Å². The van der Waals surface area contributed by atoms with Crippen LogP contribution in [0, 0.1) is 23.8 Å². The van der Waals surface area contributed by atoms with Crippen molar-refractivity contribution < 1.29 is 14.6 Å². The van der Waals surface area contributed by atoms with Crippen LogP contribution in [-0.2, 0) is 0 Å². The van der Waals surface area contributed by atoms with Crippen molar-refractivity contribution >= 4 is 39.7 Å². The largest absolute Gasteiger partial charge is 0.289 e. The average molecular weight is 398 g/mol. The van der Waals surface area contributed by atoms with Gasteiger partial charge < -0.3 is 0 Å². The lowest BCUT2D eigenvalue weighted by Crippen LogP contribution is -2.03.